The molecule has 2 aromatic carbocycles. The highest BCUT2D eigenvalue weighted by Gasteiger charge is 2.34. The highest BCUT2D eigenvalue weighted by molar-refractivity contribution is 14.1. The highest BCUT2D eigenvalue weighted by Crippen LogP contribution is 2.34. The summed E-state index contributed by atoms with van der Waals surface area (Å²) in [6.07, 6.45) is 1.55. The number of imide groups is 1. The Hall–Kier alpha value is -2.00. The molecule has 1 fully saturated rings. The number of phenols is 1. The number of nitrogens with zero attached hydrogens (tertiary/aromatic N) is 1. The average molecular weight is 481 g/mol. The van der Waals surface area contributed by atoms with Gasteiger partial charge in [0.1, 0.15) is 18.1 Å². The molecule has 0 atom stereocenters. The number of benzene rings is 2. The van der Waals surface area contributed by atoms with Crippen molar-refractivity contribution in [3.05, 3.63) is 62.1 Å². The largest absolute Gasteiger partial charge is 0.507 e. The molecule has 0 spiro atoms. The first-order valence-electron chi connectivity index (χ1n) is 7.87. The smallest absolute Gasteiger partial charge is 0.293 e. The molecule has 26 heavy (non-hydrogen) atoms. The fourth-order valence-electron chi connectivity index (χ4n) is 2.43. The van der Waals surface area contributed by atoms with Crippen LogP contribution < -0.4 is 4.74 Å². The maximum Gasteiger partial charge on any atom is 0.293 e. The maximum absolute atomic E-state index is 12.5. The third kappa shape index (κ3) is 4.39. The van der Waals surface area contributed by atoms with Gasteiger partial charge in [0.2, 0.25) is 0 Å². The number of hydrogen-bond donors (Lipinski definition) is 1. The number of aromatic hydroxyl groups is 1. The van der Waals surface area contributed by atoms with E-state index in [0.29, 0.717) is 16.2 Å². The van der Waals surface area contributed by atoms with Gasteiger partial charge in [0.05, 0.1) is 11.4 Å². The van der Waals surface area contributed by atoms with Crippen LogP contribution in [0.5, 0.6) is 11.5 Å². The fourth-order valence-corrected chi connectivity index (χ4v) is 3.81. The van der Waals surface area contributed by atoms with Gasteiger partial charge in [-0.15, -0.1) is 0 Å². The lowest BCUT2D eigenvalue weighted by Gasteiger charge is -2.13. The zero-order valence-corrected chi connectivity index (χ0v) is 16.9. The molecule has 134 valence electrons. The number of aryl methyl sites for hydroxylation is 1. The van der Waals surface area contributed by atoms with Crippen molar-refractivity contribution in [1.82, 2.24) is 4.90 Å². The van der Waals surface area contributed by atoms with Crippen molar-refractivity contribution in [2.75, 3.05) is 13.2 Å². The van der Waals surface area contributed by atoms with Crippen LogP contribution in [0.1, 0.15) is 11.1 Å². The van der Waals surface area contributed by atoms with Crippen molar-refractivity contribution in [2.24, 2.45) is 0 Å². The molecule has 0 unspecified atom stereocenters. The van der Waals surface area contributed by atoms with Crippen LogP contribution in [0.25, 0.3) is 6.08 Å². The number of rotatable bonds is 5. The monoisotopic (exact) mass is 481 g/mol. The van der Waals surface area contributed by atoms with Crippen LogP contribution in [-0.4, -0.2) is 34.3 Å². The summed E-state index contributed by atoms with van der Waals surface area (Å²) in [6, 6.07) is 12.7. The van der Waals surface area contributed by atoms with Gasteiger partial charge in [-0.05, 0) is 83.2 Å². The molecule has 7 heteroatoms. The molecule has 1 heterocycles. The predicted molar refractivity (Wildman–Crippen MR) is 110 cm³/mol. The van der Waals surface area contributed by atoms with E-state index in [1.807, 2.05) is 31.2 Å². The van der Waals surface area contributed by atoms with Crippen molar-refractivity contribution < 1.29 is 19.4 Å². The Morgan fingerprint density at radius 1 is 1.23 bits per heavy atom. The quantitative estimate of drug-likeness (QED) is 0.506. The number of halogens is 1. The van der Waals surface area contributed by atoms with E-state index in [4.69, 9.17) is 4.74 Å². The van der Waals surface area contributed by atoms with E-state index in [9.17, 15) is 14.7 Å². The normalized spacial score (nSPS) is 15.8. The van der Waals surface area contributed by atoms with E-state index in [1.54, 1.807) is 24.3 Å². The summed E-state index contributed by atoms with van der Waals surface area (Å²) in [5.41, 5.74) is 1.59. The Kier molecular flexibility index (Phi) is 5.87. The number of phenolic OH excluding ortho intramolecular Hbond substituents is 1. The first-order valence-corrected chi connectivity index (χ1v) is 9.77. The number of amides is 2. The van der Waals surface area contributed by atoms with Gasteiger partial charge >= 0.3 is 0 Å². The summed E-state index contributed by atoms with van der Waals surface area (Å²) in [5, 5.41) is 9.58. The van der Waals surface area contributed by atoms with Crippen LogP contribution in [-0.2, 0) is 4.79 Å². The summed E-state index contributed by atoms with van der Waals surface area (Å²) < 4.78 is 6.55. The standard InChI is InChI=1S/C19H16INO4S/c1-12-3-2-4-15(9-12)25-8-7-21-18(23)17(26-19(21)24)11-13-10-14(20)5-6-16(13)22/h2-6,9-11,22H,7-8H2,1H3/b17-11-. The van der Waals surface area contributed by atoms with Crippen LogP contribution >= 0.6 is 34.4 Å². The van der Waals surface area contributed by atoms with Crippen LogP contribution in [0.4, 0.5) is 4.79 Å². The molecular formula is C19H16INO4S. The molecule has 1 saturated heterocycles. The lowest BCUT2D eigenvalue weighted by molar-refractivity contribution is -0.123. The third-order valence-corrected chi connectivity index (χ3v) is 5.30. The highest BCUT2D eigenvalue weighted by atomic mass is 127. The second-order valence-corrected chi connectivity index (χ2v) is 7.94. The van der Waals surface area contributed by atoms with Gasteiger partial charge in [0.25, 0.3) is 11.1 Å². The Morgan fingerprint density at radius 2 is 2.04 bits per heavy atom. The van der Waals surface area contributed by atoms with Crippen molar-refractivity contribution >= 4 is 51.6 Å². The summed E-state index contributed by atoms with van der Waals surface area (Å²) in [5.74, 6) is 0.405. The van der Waals surface area contributed by atoms with Gasteiger partial charge < -0.3 is 9.84 Å². The molecule has 0 radical (unpaired) electrons. The van der Waals surface area contributed by atoms with Crippen LogP contribution in [0, 0.1) is 10.5 Å². The second kappa shape index (κ2) is 8.13. The molecule has 2 aromatic rings. The van der Waals surface area contributed by atoms with Crippen molar-refractivity contribution in [2.45, 2.75) is 6.92 Å². The number of ether oxygens (including phenoxy) is 1. The topological polar surface area (TPSA) is 66.8 Å². The van der Waals surface area contributed by atoms with E-state index < -0.39 is 0 Å². The molecule has 1 aliphatic rings. The van der Waals surface area contributed by atoms with E-state index in [-0.39, 0.29) is 30.0 Å². The van der Waals surface area contributed by atoms with Gasteiger partial charge in [0, 0.05) is 9.13 Å². The summed E-state index contributed by atoms with van der Waals surface area (Å²) in [7, 11) is 0. The minimum Gasteiger partial charge on any atom is -0.507 e. The van der Waals surface area contributed by atoms with Gasteiger partial charge in [0.15, 0.2) is 0 Å². The average Bonchev–Trinajstić information content (AvgIpc) is 2.86. The Bertz CT molecular complexity index is 897. The minimum atomic E-state index is -0.369. The lowest BCUT2D eigenvalue weighted by atomic mass is 10.2. The van der Waals surface area contributed by atoms with Gasteiger partial charge in [-0.3, -0.25) is 14.5 Å². The fraction of sp³-hybridized carbons (Fsp3) is 0.158. The second-order valence-electron chi connectivity index (χ2n) is 5.70. The first-order chi connectivity index (χ1) is 12.4. The summed E-state index contributed by atoms with van der Waals surface area (Å²) in [6.45, 7) is 2.37. The number of thioether (sulfide) groups is 1. The number of carbonyl (C=O) groups excluding carboxylic acids is 2. The maximum atomic E-state index is 12.5. The molecule has 0 bridgehead atoms. The molecular weight excluding hydrogens is 465 g/mol. The molecule has 0 aromatic heterocycles. The minimum absolute atomic E-state index is 0.0694. The van der Waals surface area contributed by atoms with Gasteiger partial charge in [-0.1, -0.05) is 12.1 Å². The number of carbonyl (C=O) groups is 2. The van der Waals surface area contributed by atoms with E-state index in [0.717, 1.165) is 25.8 Å². The van der Waals surface area contributed by atoms with Crippen molar-refractivity contribution in [3.63, 3.8) is 0 Å². The molecule has 1 N–H and O–H groups in total. The van der Waals surface area contributed by atoms with E-state index >= 15 is 0 Å². The van der Waals surface area contributed by atoms with Gasteiger partial charge in [-0.2, -0.15) is 0 Å². The zero-order valence-electron chi connectivity index (χ0n) is 13.9. The molecule has 1 aliphatic heterocycles. The third-order valence-electron chi connectivity index (χ3n) is 3.72. The van der Waals surface area contributed by atoms with Crippen LogP contribution in [0.3, 0.4) is 0 Å². The van der Waals surface area contributed by atoms with Gasteiger partial charge in [-0.25, -0.2) is 0 Å². The molecule has 0 saturated carbocycles. The Balaban J connectivity index is 1.67. The van der Waals surface area contributed by atoms with Crippen LogP contribution in [0.15, 0.2) is 47.4 Å². The Labute approximate surface area is 169 Å². The SMILES string of the molecule is Cc1cccc(OCCN2C(=O)S/C(=C\c3cc(I)ccc3O)C2=O)c1. The predicted octanol–water partition coefficient (Wildman–Crippen LogP) is 4.42. The molecule has 2 amide bonds. The van der Waals surface area contributed by atoms with Crippen molar-refractivity contribution in [1.29, 1.82) is 0 Å². The first kappa shape index (κ1) is 18.8. The zero-order chi connectivity index (χ0) is 18.7. The van der Waals surface area contributed by atoms with Crippen molar-refractivity contribution in [3.8, 4) is 11.5 Å². The Morgan fingerprint density at radius 3 is 2.81 bits per heavy atom. The summed E-state index contributed by atoms with van der Waals surface area (Å²) >= 11 is 2.99. The molecule has 0 aliphatic carbocycles. The van der Waals surface area contributed by atoms with Crippen LogP contribution in [0.2, 0.25) is 0 Å². The van der Waals surface area contributed by atoms with E-state index in [1.165, 1.54) is 0 Å². The lowest BCUT2D eigenvalue weighted by Crippen LogP contribution is -2.32. The molecule has 3 rings (SSSR count). The summed E-state index contributed by atoms with van der Waals surface area (Å²) in [4.78, 5) is 26.1. The molecule has 5 nitrogen and oxygen atoms in total. The number of hydrogen-bond acceptors (Lipinski definition) is 5. The van der Waals surface area contributed by atoms with E-state index in [2.05, 4.69) is 22.6 Å².